The first-order valence-corrected chi connectivity index (χ1v) is 16.2. The van der Waals surface area contributed by atoms with E-state index in [9.17, 15) is 4.79 Å². The van der Waals surface area contributed by atoms with Crippen molar-refractivity contribution in [2.75, 3.05) is 5.34 Å². The molecule has 0 radical (unpaired) electrons. The number of Topliss-reactive ketones (excluding diaryl/α,β-unsaturated/α-hetero) is 1. The molecule has 8 rings (SSSR count). The summed E-state index contributed by atoms with van der Waals surface area (Å²) < 4.78 is 10.9. The van der Waals surface area contributed by atoms with Crippen LogP contribution in [0.15, 0.2) is 91.0 Å². The fraction of sp³-hybridized carbons (Fsp3) is 0.0645. The first kappa shape index (κ1) is 25.8. The van der Waals surface area contributed by atoms with E-state index in [0.717, 1.165) is 5.56 Å². The quantitative estimate of drug-likeness (QED) is 0.134. The van der Waals surface area contributed by atoms with Crippen molar-refractivity contribution in [3.05, 3.63) is 96.6 Å². The highest BCUT2D eigenvalue weighted by atomic mass is 35.5. The van der Waals surface area contributed by atoms with Crippen LogP contribution in [0.2, 0.25) is 0 Å². The third-order valence-electron chi connectivity index (χ3n) is 6.29. The van der Waals surface area contributed by atoms with Crippen LogP contribution in [0.1, 0.15) is 17.3 Å². The molecule has 0 saturated carbocycles. The zero-order chi connectivity index (χ0) is 26.2. The molecule has 188 valence electrons. The van der Waals surface area contributed by atoms with E-state index < -0.39 is 0 Å². The molecule has 8 aromatic rings. The fourth-order valence-corrected chi connectivity index (χ4v) is 9.92. The van der Waals surface area contributed by atoms with Gasteiger partial charge in [-0.05, 0) is 31.2 Å². The molecule has 1 nitrogen and oxygen atoms in total. The number of thiophene rings is 4. The van der Waals surface area contributed by atoms with Crippen LogP contribution in [-0.2, 0) is 0 Å². The van der Waals surface area contributed by atoms with E-state index in [0.29, 0.717) is 0 Å². The molecule has 0 unspecified atom stereocenters. The maximum absolute atomic E-state index is 11.5. The molecule has 0 atom stereocenters. The molecule has 38 heavy (non-hydrogen) atoms. The Hall–Kier alpha value is -2.51. The lowest BCUT2D eigenvalue weighted by Gasteiger charge is -1.95. The monoisotopic (exact) mass is 606 g/mol. The topological polar surface area (TPSA) is 17.1 Å². The van der Waals surface area contributed by atoms with Gasteiger partial charge in [0.2, 0.25) is 0 Å². The van der Waals surface area contributed by atoms with Crippen molar-refractivity contribution in [2.24, 2.45) is 0 Å². The molecule has 0 spiro atoms. The summed E-state index contributed by atoms with van der Waals surface area (Å²) in [5.74, 6) is 0.128. The average molecular weight is 608 g/mol. The Kier molecular flexibility index (Phi) is 7.41. The number of hydrogen-bond acceptors (Lipinski definition) is 5. The first-order chi connectivity index (χ1) is 18.6. The second-order valence-electron chi connectivity index (χ2n) is 8.58. The van der Waals surface area contributed by atoms with Crippen LogP contribution >= 0.6 is 68.5 Å². The van der Waals surface area contributed by atoms with Crippen LogP contribution in [0.4, 0.5) is 0 Å². The van der Waals surface area contributed by atoms with Gasteiger partial charge in [0.15, 0.2) is 5.78 Å². The van der Waals surface area contributed by atoms with Crippen LogP contribution in [-0.4, -0.2) is 11.1 Å². The van der Waals surface area contributed by atoms with Gasteiger partial charge < -0.3 is 0 Å². The van der Waals surface area contributed by atoms with Crippen molar-refractivity contribution in [3.8, 4) is 0 Å². The Bertz CT molecular complexity index is 2010. The highest BCUT2D eigenvalue weighted by molar-refractivity contribution is 7.37. The molecule has 0 aliphatic carbocycles. The number of benzene rings is 4. The molecule has 4 aromatic carbocycles. The van der Waals surface area contributed by atoms with Gasteiger partial charge in [0.25, 0.3) is 0 Å². The van der Waals surface area contributed by atoms with Gasteiger partial charge in [-0.2, -0.15) is 0 Å². The summed E-state index contributed by atoms with van der Waals surface area (Å²) in [5, 5.41) is 5.60. The highest BCUT2D eigenvalue weighted by Crippen LogP contribution is 2.45. The minimum atomic E-state index is 0.128. The Labute approximate surface area is 245 Å². The third kappa shape index (κ3) is 4.62. The van der Waals surface area contributed by atoms with Gasteiger partial charge >= 0.3 is 0 Å². The summed E-state index contributed by atoms with van der Waals surface area (Å²) in [5.41, 5.74) is 0.797. The second kappa shape index (κ2) is 10.9. The van der Waals surface area contributed by atoms with E-state index >= 15 is 0 Å². The molecular formula is C31H20Cl2OS4. The van der Waals surface area contributed by atoms with Crippen LogP contribution in [0, 0.1) is 0 Å². The molecular weight excluding hydrogens is 588 g/mol. The van der Waals surface area contributed by atoms with E-state index in [1.165, 1.54) is 59.1 Å². The summed E-state index contributed by atoms with van der Waals surface area (Å²) in [6.45, 7) is 1.62. The number of carbonyl (C=O) groups is 1. The molecule has 0 saturated heterocycles. The minimum absolute atomic E-state index is 0.128. The number of carbonyl (C=O) groups excluding carboxylic acids is 1. The fourth-order valence-electron chi connectivity index (χ4n) is 4.58. The zero-order valence-corrected chi connectivity index (χ0v) is 24.9. The van der Waals surface area contributed by atoms with Crippen molar-refractivity contribution < 1.29 is 4.79 Å². The number of fused-ring (bicyclic) bond motifs is 10. The van der Waals surface area contributed by atoms with Gasteiger partial charge in [-0.1, -0.05) is 66.7 Å². The van der Waals surface area contributed by atoms with Gasteiger partial charge in [-0.3, -0.25) is 4.79 Å². The molecule has 0 N–H and O–H groups in total. The lowest BCUT2D eigenvalue weighted by Crippen LogP contribution is -1.89. The Balaban J connectivity index is 0.000000128. The average Bonchev–Trinajstić information content (AvgIpc) is 3.67. The number of ketones is 1. The molecule has 7 heteroatoms. The van der Waals surface area contributed by atoms with Gasteiger partial charge in [0, 0.05) is 45.9 Å². The normalized spacial score (nSPS) is 11.2. The van der Waals surface area contributed by atoms with Crippen LogP contribution < -0.4 is 0 Å². The molecule has 0 aliphatic rings. The molecule has 4 heterocycles. The summed E-state index contributed by atoms with van der Waals surface area (Å²) in [4.78, 5) is 11.5. The summed E-state index contributed by atoms with van der Waals surface area (Å²) in [7, 11) is 0. The summed E-state index contributed by atoms with van der Waals surface area (Å²) in [6, 6.07) is 31.9. The number of halogens is 2. The number of alkyl halides is 2. The van der Waals surface area contributed by atoms with E-state index in [1.54, 1.807) is 18.3 Å². The molecule has 0 fully saturated rings. The lowest BCUT2D eigenvalue weighted by atomic mass is 10.1. The molecule has 0 bridgehead atoms. The van der Waals surface area contributed by atoms with Gasteiger partial charge in [-0.15, -0.1) is 68.5 Å². The second-order valence-corrected chi connectivity index (χ2v) is 13.6. The van der Waals surface area contributed by atoms with Gasteiger partial charge in [0.1, 0.15) is 0 Å². The van der Waals surface area contributed by atoms with Crippen molar-refractivity contribution in [1.29, 1.82) is 0 Å². The van der Waals surface area contributed by atoms with Crippen molar-refractivity contribution in [1.82, 2.24) is 0 Å². The maximum Gasteiger partial charge on any atom is 0.159 e. The minimum Gasteiger partial charge on any atom is -0.295 e. The Morgan fingerprint density at radius 2 is 0.895 bits per heavy atom. The molecule has 4 aromatic heterocycles. The van der Waals surface area contributed by atoms with Crippen molar-refractivity contribution in [3.63, 3.8) is 0 Å². The van der Waals surface area contributed by atoms with E-state index in [1.807, 2.05) is 46.1 Å². The van der Waals surface area contributed by atoms with Crippen LogP contribution in [0.5, 0.6) is 0 Å². The third-order valence-corrected chi connectivity index (χ3v) is 11.3. The summed E-state index contributed by atoms with van der Waals surface area (Å²) in [6.07, 6.45) is 0. The largest absolute Gasteiger partial charge is 0.295 e. The predicted octanol–water partition coefficient (Wildman–Crippen LogP) is 12.2. The lowest BCUT2D eigenvalue weighted by molar-refractivity contribution is 0.101. The van der Waals surface area contributed by atoms with E-state index in [4.69, 9.17) is 23.2 Å². The van der Waals surface area contributed by atoms with E-state index in [-0.39, 0.29) is 11.1 Å². The van der Waals surface area contributed by atoms with Crippen LogP contribution in [0.3, 0.4) is 0 Å². The van der Waals surface area contributed by atoms with Gasteiger partial charge in [-0.25, -0.2) is 0 Å². The summed E-state index contributed by atoms with van der Waals surface area (Å²) >= 11 is 17.0. The smallest absolute Gasteiger partial charge is 0.159 e. The zero-order valence-electron chi connectivity index (χ0n) is 20.2. The Morgan fingerprint density at radius 1 is 0.553 bits per heavy atom. The molecule has 0 aliphatic heterocycles. The van der Waals surface area contributed by atoms with Crippen LogP contribution in [0.25, 0.3) is 59.1 Å². The van der Waals surface area contributed by atoms with E-state index in [2.05, 4.69) is 78.9 Å². The first-order valence-electron chi connectivity index (χ1n) is 11.8. The highest BCUT2D eigenvalue weighted by Gasteiger charge is 2.13. The standard InChI is InChI=1S/C16H10OS2.C14H8S2.CH2Cl2/c1-9(17)10-6-7-12-14(8-10)19-15-11-4-2-3-5-13(11)18-16(12)15;1-3-7-11-9(5-1)13-14(15-11)10-6-2-4-8-12(10)16-13;2-1-3/h2-8H,1H3;1-8H;1H2. The van der Waals surface area contributed by atoms with Gasteiger partial charge in [0.05, 0.1) is 24.1 Å². The predicted molar refractivity (Wildman–Crippen MR) is 176 cm³/mol. The number of rotatable bonds is 1. The van der Waals surface area contributed by atoms with Crippen molar-refractivity contribution in [2.45, 2.75) is 6.92 Å². The Morgan fingerprint density at radius 3 is 1.29 bits per heavy atom. The molecule has 0 amide bonds. The van der Waals surface area contributed by atoms with Crippen molar-refractivity contribution >= 4 is 133 Å². The maximum atomic E-state index is 11.5. The number of hydrogen-bond donors (Lipinski definition) is 0. The SMILES string of the molecule is CC(=O)c1ccc2c(c1)sc1c3ccccc3sc21.ClCCl.c1ccc2c(c1)sc1c3ccccc3sc21.